The topological polar surface area (TPSA) is 175 Å². The monoisotopic (exact) mass is 571 g/mol. The molecule has 2 aromatic carbocycles. The molecule has 0 radical (unpaired) electrons. The molecular weight excluding hydrogens is 551 g/mol. The van der Waals surface area contributed by atoms with Crippen molar-refractivity contribution in [1.29, 1.82) is 5.41 Å². The number of halogens is 4. The number of alkyl halides is 3. The number of aromatic nitrogens is 1. The highest BCUT2D eigenvalue weighted by atomic mass is 35.5. The molecule has 1 fully saturated rings. The van der Waals surface area contributed by atoms with E-state index >= 15 is 0 Å². The summed E-state index contributed by atoms with van der Waals surface area (Å²) in [6.45, 7) is 0.355. The lowest BCUT2D eigenvalue weighted by Gasteiger charge is -2.27. The van der Waals surface area contributed by atoms with Crippen molar-refractivity contribution in [2.24, 2.45) is 5.73 Å². The maximum Gasteiger partial charge on any atom is 0.490 e. The minimum Gasteiger partial charge on any atom is -0.475 e. The molecule has 1 aliphatic heterocycles. The molecule has 1 amide bonds. The molecule has 1 aliphatic rings. The van der Waals surface area contributed by atoms with Gasteiger partial charge in [0.25, 0.3) is 0 Å². The lowest BCUT2D eigenvalue weighted by atomic mass is 9.89. The molecule has 38 heavy (non-hydrogen) atoms. The number of nitrogens with one attached hydrogen (secondary N) is 3. The van der Waals surface area contributed by atoms with Crippen molar-refractivity contribution < 1.29 is 36.3 Å². The molecule has 1 saturated heterocycles. The van der Waals surface area contributed by atoms with Crippen molar-refractivity contribution in [2.45, 2.75) is 29.5 Å². The van der Waals surface area contributed by atoms with Crippen LogP contribution in [0.1, 0.15) is 17.5 Å². The molecule has 0 unspecified atom stereocenters. The largest absolute Gasteiger partial charge is 0.490 e. The van der Waals surface area contributed by atoms with Crippen LogP contribution >= 0.6 is 11.6 Å². The molecule has 10 nitrogen and oxygen atoms in total. The van der Waals surface area contributed by atoms with E-state index in [0.29, 0.717) is 40.1 Å². The van der Waals surface area contributed by atoms with Crippen LogP contribution in [0.2, 0.25) is 5.15 Å². The van der Waals surface area contributed by atoms with E-state index < -0.39 is 33.6 Å². The summed E-state index contributed by atoms with van der Waals surface area (Å²) in [6, 6.07) is 14.7. The van der Waals surface area contributed by atoms with E-state index in [2.05, 4.69) is 15.0 Å². The standard InChI is InChI=1S/C21H20ClN5O3S.C2HF3O2/c22-18-7-4-14-11-16(5-6-17(14)26-18)31(29,30)27-21(8-9-25-20(21)28)12-13-2-1-3-15(10-13)19(23)24;3-2(4,5)1(6)7/h1-7,10-11,27H,8-9,12H2,(H3,23,24)(H,25,28);(H,6,7)/t21-;/m1./s1. The first-order valence-electron chi connectivity index (χ1n) is 10.7. The molecule has 6 N–H and O–H groups in total. The van der Waals surface area contributed by atoms with Crippen LogP contribution in [0.3, 0.4) is 0 Å². The number of fused-ring (bicyclic) bond motifs is 1. The number of sulfonamides is 1. The number of nitrogens with two attached hydrogens (primary N) is 1. The third-order valence-electron chi connectivity index (χ3n) is 5.53. The van der Waals surface area contributed by atoms with E-state index in [1.807, 2.05) is 0 Å². The van der Waals surface area contributed by atoms with Crippen LogP contribution in [-0.2, 0) is 26.0 Å². The number of benzene rings is 2. The van der Waals surface area contributed by atoms with Gasteiger partial charge in [-0.15, -0.1) is 0 Å². The summed E-state index contributed by atoms with van der Waals surface area (Å²) >= 11 is 5.90. The van der Waals surface area contributed by atoms with E-state index in [0.717, 1.165) is 0 Å². The minimum atomic E-state index is -5.08. The highest BCUT2D eigenvalue weighted by Gasteiger charge is 2.45. The SMILES string of the molecule is N=C(N)c1cccc(C[C@]2(NS(=O)(=O)c3ccc4nc(Cl)ccc4c3)CCNC2=O)c1.O=C(O)C(F)(F)F. The Kier molecular flexibility index (Phi) is 8.29. The van der Waals surface area contributed by atoms with Crippen molar-refractivity contribution >= 4 is 50.2 Å². The molecule has 0 aliphatic carbocycles. The first-order chi connectivity index (χ1) is 17.6. The van der Waals surface area contributed by atoms with E-state index in [1.165, 1.54) is 12.1 Å². The highest BCUT2D eigenvalue weighted by molar-refractivity contribution is 7.89. The molecule has 1 aromatic heterocycles. The molecule has 1 atom stereocenters. The number of hydrogen-bond donors (Lipinski definition) is 5. The fourth-order valence-electron chi connectivity index (χ4n) is 3.73. The normalized spacial score (nSPS) is 17.4. The molecule has 15 heteroatoms. The Labute approximate surface area is 219 Å². The summed E-state index contributed by atoms with van der Waals surface area (Å²) < 4.78 is 60.8. The molecule has 0 spiro atoms. The maximum atomic E-state index is 13.2. The summed E-state index contributed by atoms with van der Waals surface area (Å²) in [7, 11) is -4.02. The smallest absolute Gasteiger partial charge is 0.475 e. The molecule has 4 rings (SSSR count). The second-order valence-electron chi connectivity index (χ2n) is 8.28. The molecule has 3 aromatic rings. The molecule has 202 valence electrons. The third-order valence-corrected chi connectivity index (χ3v) is 7.27. The number of nitrogens with zero attached hydrogens (tertiary/aromatic N) is 1. The minimum absolute atomic E-state index is 0.0284. The average molecular weight is 572 g/mol. The van der Waals surface area contributed by atoms with Gasteiger partial charge >= 0.3 is 12.1 Å². The number of rotatable bonds is 6. The average Bonchev–Trinajstić information content (AvgIpc) is 3.17. The highest BCUT2D eigenvalue weighted by Crippen LogP contribution is 2.27. The van der Waals surface area contributed by atoms with E-state index in [1.54, 1.807) is 42.5 Å². The molecule has 0 saturated carbocycles. The van der Waals surface area contributed by atoms with Gasteiger partial charge in [0.05, 0.1) is 10.4 Å². The molecule has 0 bridgehead atoms. The van der Waals surface area contributed by atoms with Crippen LogP contribution < -0.4 is 15.8 Å². The van der Waals surface area contributed by atoms with Crippen LogP contribution in [0.25, 0.3) is 10.9 Å². The van der Waals surface area contributed by atoms with Gasteiger partial charge in [-0.05, 0) is 48.4 Å². The van der Waals surface area contributed by atoms with Crippen molar-refractivity contribution in [3.8, 4) is 0 Å². The number of hydrogen-bond acceptors (Lipinski definition) is 6. The third kappa shape index (κ3) is 6.76. The Morgan fingerprint density at radius 3 is 2.47 bits per heavy atom. The summed E-state index contributed by atoms with van der Waals surface area (Å²) in [6.07, 6.45) is -4.66. The predicted molar refractivity (Wildman–Crippen MR) is 132 cm³/mol. The van der Waals surface area contributed by atoms with Crippen molar-refractivity contribution in [3.63, 3.8) is 0 Å². The second kappa shape index (κ2) is 10.9. The second-order valence-corrected chi connectivity index (χ2v) is 10.3. The van der Waals surface area contributed by atoms with Gasteiger partial charge in [0.1, 0.15) is 16.5 Å². The Morgan fingerprint density at radius 1 is 1.21 bits per heavy atom. The van der Waals surface area contributed by atoms with Crippen LogP contribution in [0.15, 0.2) is 59.5 Å². The Balaban J connectivity index is 0.000000505. The summed E-state index contributed by atoms with van der Waals surface area (Å²) in [4.78, 5) is 25.8. The van der Waals surface area contributed by atoms with Gasteiger partial charge in [0.15, 0.2) is 0 Å². The van der Waals surface area contributed by atoms with E-state index in [-0.39, 0.29) is 17.2 Å². The van der Waals surface area contributed by atoms with E-state index in [9.17, 15) is 26.4 Å². The Bertz CT molecular complexity index is 1520. The zero-order valence-corrected chi connectivity index (χ0v) is 20.9. The zero-order valence-electron chi connectivity index (χ0n) is 19.3. The van der Waals surface area contributed by atoms with Gasteiger partial charge < -0.3 is 16.2 Å². The van der Waals surface area contributed by atoms with Crippen molar-refractivity contribution in [3.05, 3.63) is 70.9 Å². The fourth-order valence-corrected chi connectivity index (χ4v) is 5.32. The van der Waals surface area contributed by atoms with Crippen LogP contribution in [-0.4, -0.2) is 54.5 Å². The van der Waals surface area contributed by atoms with Crippen LogP contribution in [0.4, 0.5) is 13.2 Å². The first kappa shape index (κ1) is 28.8. The number of carbonyl (C=O) groups excluding carboxylic acids is 1. The summed E-state index contributed by atoms with van der Waals surface area (Å²) in [5.41, 5.74) is 5.99. The molecule has 2 heterocycles. The van der Waals surface area contributed by atoms with Gasteiger partial charge in [0, 0.05) is 23.9 Å². The quantitative estimate of drug-likeness (QED) is 0.172. The van der Waals surface area contributed by atoms with Gasteiger partial charge in [-0.2, -0.15) is 17.9 Å². The summed E-state index contributed by atoms with van der Waals surface area (Å²) in [5, 5.41) is 18.4. The molecular formula is C23H21ClF3N5O5S. The van der Waals surface area contributed by atoms with Gasteiger partial charge in [-0.1, -0.05) is 29.8 Å². The number of amidine groups is 1. The van der Waals surface area contributed by atoms with Crippen molar-refractivity contribution in [1.82, 2.24) is 15.0 Å². The number of carboxylic acids is 1. The Hall–Kier alpha value is -3.75. The predicted octanol–water partition coefficient (Wildman–Crippen LogP) is 2.59. The van der Waals surface area contributed by atoms with E-state index in [4.69, 9.17) is 32.6 Å². The first-order valence-corrected chi connectivity index (χ1v) is 12.6. The van der Waals surface area contributed by atoms with Crippen LogP contribution in [0.5, 0.6) is 0 Å². The van der Waals surface area contributed by atoms with Gasteiger partial charge in [-0.25, -0.2) is 18.2 Å². The zero-order chi connectivity index (χ0) is 28.3. The summed E-state index contributed by atoms with van der Waals surface area (Å²) in [5.74, 6) is -3.25. The van der Waals surface area contributed by atoms with Gasteiger partial charge in [-0.3, -0.25) is 10.2 Å². The number of carbonyl (C=O) groups is 2. The van der Waals surface area contributed by atoms with Crippen molar-refractivity contribution in [2.75, 3.05) is 6.54 Å². The fraction of sp³-hybridized carbons (Fsp3) is 0.217. The number of nitrogen functional groups attached to an aromatic ring is 1. The Morgan fingerprint density at radius 2 is 1.89 bits per heavy atom. The maximum absolute atomic E-state index is 13.2. The number of pyridine rings is 1. The lowest BCUT2D eigenvalue weighted by molar-refractivity contribution is -0.192. The number of carboxylic acid groups (broad SMARTS) is 1. The number of aliphatic carboxylic acids is 1. The van der Waals surface area contributed by atoms with Crippen LogP contribution in [0, 0.1) is 5.41 Å². The number of amides is 1. The van der Waals surface area contributed by atoms with Gasteiger partial charge in [0.2, 0.25) is 15.9 Å². The lowest BCUT2D eigenvalue weighted by Crippen LogP contribution is -2.55.